The van der Waals surface area contributed by atoms with Crippen molar-refractivity contribution in [3.05, 3.63) is 76.9 Å². The summed E-state index contributed by atoms with van der Waals surface area (Å²) in [6, 6.07) is 17.0. The molecule has 0 radical (unpaired) electrons. The Morgan fingerprint density at radius 1 is 1.15 bits per heavy atom. The fourth-order valence-corrected chi connectivity index (χ4v) is 3.17. The van der Waals surface area contributed by atoms with Crippen molar-refractivity contribution >= 4 is 35.2 Å². The van der Waals surface area contributed by atoms with Crippen LogP contribution in [0.5, 0.6) is 0 Å². The topological polar surface area (TPSA) is 126 Å². The maximum absolute atomic E-state index is 12.4. The number of esters is 1. The molecule has 3 rings (SSSR count). The van der Waals surface area contributed by atoms with E-state index in [0.29, 0.717) is 16.3 Å². The van der Waals surface area contributed by atoms with Gasteiger partial charge in [-0.15, -0.1) is 0 Å². The monoisotopic (exact) mass is 465 g/mol. The van der Waals surface area contributed by atoms with Crippen molar-refractivity contribution < 1.29 is 19.1 Å². The van der Waals surface area contributed by atoms with Crippen LogP contribution in [0.25, 0.3) is 5.69 Å². The summed E-state index contributed by atoms with van der Waals surface area (Å²) in [7, 11) is 0. The van der Waals surface area contributed by atoms with Crippen LogP contribution in [0.3, 0.4) is 0 Å². The average molecular weight is 466 g/mol. The SMILES string of the molecule is CC(=O)NC(CC(=O)OCC(=O)Nc1c(C#N)cnn1-c1ccccc1)c1ccc(Cl)cc1. The van der Waals surface area contributed by atoms with E-state index in [1.165, 1.54) is 17.8 Å². The van der Waals surface area contributed by atoms with Crippen molar-refractivity contribution in [1.82, 2.24) is 15.1 Å². The zero-order valence-electron chi connectivity index (χ0n) is 17.6. The number of ether oxygens (including phenoxy) is 1. The molecule has 0 aliphatic heterocycles. The molecule has 1 atom stereocenters. The predicted molar refractivity (Wildman–Crippen MR) is 120 cm³/mol. The van der Waals surface area contributed by atoms with E-state index < -0.39 is 24.5 Å². The molecular formula is C23H20ClN5O4. The predicted octanol–water partition coefficient (Wildman–Crippen LogP) is 3.15. The first-order chi connectivity index (χ1) is 15.9. The van der Waals surface area contributed by atoms with Gasteiger partial charge in [0.15, 0.2) is 12.4 Å². The lowest BCUT2D eigenvalue weighted by Crippen LogP contribution is -2.29. The molecule has 0 saturated heterocycles. The molecule has 0 saturated carbocycles. The molecule has 1 heterocycles. The standard InChI is InChI=1S/C23H20ClN5O4/c1-15(30)27-20(16-7-9-18(24)10-8-16)11-22(32)33-14-21(31)28-23-17(12-25)13-26-29(23)19-5-3-2-4-6-19/h2-10,13,20H,11,14H2,1H3,(H,27,30)(H,28,31). The van der Waals surface area contributed by atoms with Gasteiger partial charge in [0.25, 0.3) is 5.91 Å². The molecule has 3 aromatic rings. The minimum atomic E-state index is -0.684. The van der Waals surface area contributed by atoms with E-state index in [9.17, 15) is 19.6 Å². The second-order valence-corrected chi connectivity index (χ2v) is 7.42. The van der Waals surface area contributed by atoms with Crippen LogP contribution >= 0.6 is 11.6 Å². The number of halogens is 1. The third kappa shape index (κ3) is 6.41. The summed E-state index contributed by atoms with van der Waals surface area (Å²) >= 11 is 5.89. The van der Waals surface area contributed by atoms with Gasteiger partial charge in [-0.05, 0) is 29.8 Å². The lowest BCUT2D eigenvalue weighted by atomic mass is 10.0. The summed E-state index contributed by atoms with van der Waals surface area (Å²) in [6.07, 6.45) is 1.15. The molecule has 33 heavy (non-hydrogen) atoms. The van der Waals surface area contributed by atoms with E-state index in [2.05, 4.69) is 15.7 Å². The number of amides is 2. The van der Waals surface area contributed by atoms with E-state index in [-0.39, 0.29) is 23.7 Å². The largest absolute Gasteiger partial charge is 0.455 e. The number of nitrogens with one attached hydrogen (secondary N) is 2. The maximum atomic E-state index is 12.4. The number of rotatable bonds is 8. The highest BCUT2D eigenvalue weighted by Crippen LogP contribution is 2.21. The normalized spacial score (nSPS) is 11.2. The van der Waals surface area contributed by atoms with E-state index in [0.717, 1.165) is 0 Å². The molecule has 2 N–H and O–H groups in total. The number of para-hydroxylation sites is 1. The Labute approximate surface area is 194 Å². The van der Waals surface area contributed by atoms with Crippen molar-refractivity contribution in [3.8, 4) is 11.8 Å². The molecule has 0 aliphatic carbocycles. The van der Waals surface area contributed by atoms with Crippen LogP contribution in [0.15, 0.2) is 60.8 Å². The lowest BCUT2D eigenvalue weighted by molar-refractivity contribution is -0.148. The zero-order chi connectivity index (χ0) is 23.8. The van der Waals surface area contributed by atoms with Gasteiger partial charge in [-0.25, -0.2) is 4.68 Å². The van der Waals surface area contributed by atoms with E-state index in [4.69, 9.17) is 16.3 Å². The number of hydrogen-bond acceptors (Lipinski definition) is 6. The number of nitriles is 1. The summed E-state index contributed by atoms with van der Waals surface area (Å²) in [5.74, 6) is -1.48. The average Bonchev–Trinajstić information content (AvgIpc) is 3.20. The van der Waals surface area contributed by atoms with Gasteiger partial charge in [-0.1, -0.05) is 41.9 Å². The van der Waals surface area contributed by atoms with Crippen molar-refractivity contribution in [3.63, 3.8) is 0 Å². The minimum Gasteiger partial charge on any atom is -0.455 e. The Morgan fingerprint density at radius 3 is 2.48 bits per heavy atom. The highest BCUT2D eigenvalue weighted by atomic mass is 35.5. The van der Waals surface area contributed by atoms with Gasteiger partial charge < -0.3 is 15.4 Å². The van der Waals surface area contributed by atoms with E-state index in [1.54, 1.807) is 48.5 Å². The summed E-state index contributed by atoms with van der Waals surface area (Å²) in [5.41, 5.74) is 1.47. The molecule has 1 unspecified atom stereocenters. The van der Waals surface area contributed by atoms with Crippen molar-refractivity contribution in [2.75, 3.05) is 11.9 Å². The highest BCUT2D eigenvalue weighted by Gasteiger charge is 2.20. The fraction of sp³-hybridized carbons (Fsp3) is 0.174. The van der Waals surface area contributed by atoms with Gasteiger partial charge >= 0.3 is 5.97 Å². The second kappa shape index (κ2) is 10.9. The van der Waals surface area contributed by atoms with Crippen LogP contribution in [0.1, 0.15) is 30.5 Å². The summed E-state index contributed by atoms with van der Waals surface area (Å²) in [5, 5.41) is 19.2. The first-order valence-corrected chi connectivity index (χ1v) is 10.3. The van der Waals surface area contributed by atoms with Crippen molar-refractivity contribution in [1.29, 1.82) is 5.26 Å². The number of aromatic nitrogens is 2. The summed E-state index contributed by atoms with van der Waals surface area (Å²) < 4.78 is 6.50. The molecule has 0 spiro atoms. The summed E-state index contributed by atoms with van der Waals surface area (Å²) in [4.78, 5) is 36.3. The smallest absolute Gasteiger partial charge is 0.308 e. The molecule has 168 valence electrons. The van der Waals surface area contributed by atoms with Gasteiger partial charge in [0, 0.05) is 11.9 Å². The Bertz CT molecular complexity index is 1190. The first-order valence-electron chi connectivity index (χ1n) is 9.89. The number of benzene rings is 2. The molecular weight excluding hydrogens is 446 g/mol. The van der Waals surface area contributed by atoms with Crippen LogP contribution in [0.4, 0.5) is 5.82 Å². The third-order valence-electron chi connectivity index (χ3n) is 4.53. The zero-order valence-corrected chi connectivity index (χ0v) is 18.4. The molecule has 2 amide bonds. The number of hydrogen-bond donors (Lipinski definition) is 2. The van der Waals surface area contributed by atoms with Gasteiger partial charge in [0.2, 0.25) is 5.91 Å². The molecule has 10 heteroatoms. The lowest BCUT2D eigenvalue weighted by Gasteiger charge is -2.18. The molecule has 0 bridgehead atoms. The van der Waals surface area contributed by atoms with Gasteiger partial charge in [-0.2, -0.15) is 10.4 Å². The van der Waals surface area contributed by atoms with Crippen LogP contribution in [0, 0.1) is 11.3 Å². The molecule has 0 fully saturated rings. The van der Waals surface area contributed by atoms with Crippen LogP contribution in [-0.2, 0) is 19.1 Å². The van der Waals surface area contributed by atoms with Crippen molar-refractivity contribution in [2.45, 2.75) is 19.4 Å². The Balaban J connectivity index is 1.63. The first kappa shape index (κ1) is 23.5. The van der Waals surface area contributed by atoms with Crippen LogP contribution in [0.2, 0.25) is 5.02 Å². The number of carbonyl (C=O) groups excluding carboxylic acids is 3. The van der Waals surface area contributed by atoms with E-state index in [1.807, 2.05) is 12.1 Å². The maximum Gasteiger partial charge on any atom is 0.308 e. The van der Waals surface area contributed by atoms with Gasteiger partial charge in [0.1, 0.15) is 11.6 Å². The van der Waals surface area contributed by atoms with Gasteiger partial charge in [-0.3, -0.25) is 14.4 Å². The minimum absolute atomic E-state index is 0.159. The summed E-state index contributed by atoms with van der Waals surface area (Å²) in [6.45, 7) is 0.765. The highest BCUT2D eigenvalue weighted by molar-refractivity contribution is 6.30. The van der Waals surface area contributed by atoms with E-state index >= 15 is 0 Å². The Kier molecular flexibility index (Phi) is 7.78. The van der Waals surface area contributed by atoms with Gasteiger partial charge in [0.05, 0.1) is 24.3 Å². The Hall–Kier alpha value is -4.16. The number of anilines is 1. The quantitative estimate of drug-likeness (QED) is 0.492. The fourth-order valence-electron chi connectivity index (χ4n) is 3.05. The molecule has 2 aromatic carbocycles. The molecule has 9 nitrogen and oxygen atoms in total. The number of nitrogens with zero attached hydrogens (tertiary/aromatic N) is 3. The number of carbonyl (C=O) groups is 3. The second-order valence-electron chi connectivity index (χ2n) is 6.98. The Morgan fingerprint density at radius 2 is 1.85 bits per heavy atom. The third-order valence-corrected chi connectivity index (χ3v) is 4.79. The molecule has 1 aromatic heterocycles. The van der Waals surface area contributed by atoms with Crippen molar-refractivity contribution in [2.24, 2.45) is 0 Å². The van der Waals surface area contributed by atoms with Crippen LogP contribution in [-0.4, -0.2) is 34.2 Å². The van der Waals surface area contributed by atoms with Crippen LogP contribution < -0.4 is 10.6 Å². The molecule has 0 aliphatic rings.